The standard InChI is InChI=1S/C24H25ClN2O4S/c1-26(16-19-8-10-21(25)11-9-19)24(28)17-27(32(2,29)30)22-12-14-23(15-13-22)31-18-20-6-4-3-5-7-20/h3-15H,16-18H2,1-2H3. The second-order valence-corrected chi connectivity index (χ2v) is 9.76. The third-order valence-electron chi connectivity index (χ3n) is 4.81. The van der Waals surface area contributed by atoms with E-state index in [1.54, 1.807) is 43.4 Å². The summed E-state index contributed by atoms with van der Waals surface area (Å²) in [5.41, 5.74) is 2.33. The second-order valence-electron chi connectivity index (χ2n) is 7.41. The molecule has 0 N–H and O–H groups in total. The van der Waals surface area contributed by atoms with Crippen LogP contribution in [0.1, 0.15) is 11.1 Å². The molecule has 0 saturated heterocycles. The van der Waals surface area contributed by atoms with Gasteiger partial charge in [0, 0.05) is 18.6 Å². The smallest absolute Gasteiger partial charge is 0.243 e. The average molecular weight is 473 g/mol. The Hall–Kier alpha value is -3.03. The predicted octanol–water partition coefficient (Wildman–Crippen LogP) is 4.34. The van der Waals surface area contributed by atoms with Gasteiger partial charge in [-0.15, -0.1) is 0 Å². The lowest BCUT2D eigenvalue weighted by Gasteiger charge is -2.25. The zero-order valence-electron chi connectivity index (χ0n) is 17.9. The molecule has 32 heavy (non-hydrogen) atoms. The molecule has 168 valence electrons. The minimum absolute atomic E-state index is 0.298. The highest BCUT2D eigenvalue weighted by Gasteiger charge is 2.23. The van der Waals surface area contributed by atoms with Gasteiger partial charge in [0.2, 0.25) is 15.9 Å². The third kappa shape index (κ3) is 6.73. The van der Waals surface area contributed by atoms with Crippen molar-refractivity contribution >= 4 is 33.2 Å². The summed E-state index contributed by atoms with van der Waals surface area (Å²) in [6.07, 6.45) is 1.08. The SMILES string of the molecule is CN(Cc1ccc(Cl)cc1)C(=O)CN(c1ccc(OCc2ccccc2)cc1)S(C)(=O)=O. The number of ether oxygens (including phenoxy) is 1. The van der Waals surface area contributed by atoms with Gasteiger partial charge in [-0.05, 0) is 47.5 Å². The zero-order valence-corrected chi connectivity index (χ0v) is 19.5. The molecule has 0 aliphatic rings. The number of carbonyl (C=O) groups is 1. The molecule has 8 heteroatoms. The minimum Gasteiger partial charge on any atom is -0.489 e. The van der Waals surface area contributed by atoms with Crippen molar-refractivity contribution in [2.24, 2.45) is 0 Å². The number of carbonyl (C=O) groups excluding carboxylic acids is 1. The molecule has 0 saturated carbocycles. The number of benzene rings is 3. The van der Waals surface area contributed by atoms with E-state index >= 15 is 0 Å². The van der Waals surface area contributed by atoms with Crippen LogP contribution in [-0.2, 0) is 28.0 Å². The van der Waals surface area contributed by atoms with Crippen LogP contribution >= 0.6 is 11.6 Å². The Balaban J connectivity index is 1.66. The van der Waals surface area contributed by atoms with Gasteiger partial charge in [0.25, 0.3) is 0 Å². The van der Waals surface area contributed by atoms with E-state index in [0.717, 1.165) is 21.7 Å². The first-order valence-corrected chi connectivity index (χ1v) is 12.2. The van der Waals surface area contributed by atoms with E-state index in [9.17, 15) is 13.2 Å². The first kappa shape index (κ1) is 23.6. The van der Waals surface area contributed by atoms with Crippen LogP contribution in [0.2, 0.25) is 5.02 Å². The van der Waals surface area contributed by atoms with E-state index in [1.807, 2.05) is 42.5 Å². The Labute approximate surface area is 194 Å². The molecule has 0 aliphatic heterocycles. The van der Waals surface area contributed by atoms with Crippen LogP contribution in [0.25, 0.3) is 0 Å². The Morgan fingerprint density at radius 3 is 2.12 bits per heavy atom. The normalized spacial score (nSPS) is 11.1. The van der Waals surface area contributed by atoms with Crippen LogP contribution < -0.4 is 9.04 Å². The first-order chi connectivity index (χ1) is 15.2. The molecule has 6 nitrogen and oxygen atoms in total. The maximum Gasteiger partial charge on any atom is 0.243 e. The largest absolute Gasteiger partial charge is 0.489 e. The van der Waals surface area contributed by atoms with Gasteiger partial charge < -0.3 is 9.64 Å². The molecule has 0 aliphatic carbocycles. The number of anilines is 1. The Kier molecular flexibility index (Phi) is 7.77. The molecule has 0 bridgehead atoms. The third-order valence-corrected chi connectivity index (χ3v) is 6.20. The first-order valence-electron chi connectivity index (χ1n) is 9.95. The van der Waals surface area contributed by atoms with Gasteiger partial charge in [0.05, 0.1) is 11.9 Å². The molecule has 0 atom stereocenters. The Morgan fingerprint density at radius 2 is 1.53 bits per heavy atom. The van der Waals surface area contributed by atoms with Crippen molar-refractivity contribution in [3.05, 3.63) is 95.0 Å². The van der Waals surface area contributed by atoms with E-state index in [0.29, 0.717) is 29.6 Å². The number of hydrogen-bond donors (Lipinski definition) is 0. The molecule has 1 amide bonds. The number of halogens is 1. The molecular weight excluding hydrogens is 448 g/mol. The van der Waals surface area contributed by atoms with Crippen molar-refractivity contribution in [2.45, 2.75) is 13.2 Å². The molecule has 0 heterocycles. The predicted molar refractivity (Wildman–Crippen MR) is 127 cm³/mol. The van der Waals surface area contributed by atoms with Crippen LogP contribution in [0.15, 0.2) is 78.9 Å². The van der Waals surface area contributed by atoms with Gasteiger partial charge in [-0.2, -0.15) is 0 Å². The Morgan fingerprint density at radius 1 is 0.906 bits per heavy atom. The van der Waals surface area contributed by atoms with Crippen LogP contribution in [-0.4, -0.2) is 39.1 Å². The summed E-state index contributed by atoms with van der Waals surface area (Å²) >= 11 is 5.90. The van der Waals surface area contributed by atoms with E-state index in [-0.39, 0.29) is 12.5 Å². The van der Waals surface area contributed by atoms with E-state index in [2.05, 4.69) is 0 Å². The second kappa shape index (κ2) is 10.5. The van der Waals surface area contributed by atoms with Crippen molar-refractivity contribution in [1.82, 2.24) is 4.90 Å². The van der Waals surface area contributed by atoms with Gasteiger partial charge in [0.15, 0.2) is 0 Å². The molecule has 3 rings (SSSR count). The van der Waals surface area contributed by atoms with Gasteiger partial charge in [0.1, 0.15) is 18.9 Å². The van der Waals surface area contributed by atoms with Crippen LogP contribution in [0, 0.1) is 0 Å². The topological polar surface area (TPSA) is 66.9 Å². The van der Waals surface area contributed by atoms with Crippen LogP contribution in [0.4, 0.5) is 5.69 Å². The summed E-state index contributed by atoms with van der Waals surface area (Å²) in [4.78, 5) is 14.2. The summed E-state index contributed by atoms with van der Waals surface area (Å²) in [6, 6.07) is 23.5. The van der Waals surface area contributed by atoms with E-state index < -0.39 is 10.0 Å². The number of amides is 1. The van der Waals surface area contributed by atoms with Crippen molar-refractivity contribution in [1.29, 1.82) is 0 Å². The fourth-order valence-corrected chi connectivity index (χ4v) is 4.02. The lowest BCUT2D eigenvalue weighted by Crippen LogP contribution is -2.41. The van der Waals surface area contributed by atoms with Crippen LogP contribution in [0.5, 0.6) is 5.75 Å². The maximum atomic E-state index is 12.7. The van der Waals surface area contributed by atoms with Gasteiger partial charge in [-0.1, -0.05) is 54.1 Å². The molecule has 0 fully saturated rings. The number of nitrogens with zero attached hydrogens (tertiary/aromatic N) is 2. The monoisotopic (exact) mass is 472 g/mol. The van der Waals surface area contributed by atoms with Crippen molar-refractivity contribution in [2.75, 3.05) is 24.2 Å². The van der Waals surface area contributed by atoms with Crippen molar-refractivity contribution in [3.8, 4) is 5.75 Å². The quantitative estimate of drug-likeness (QED) is 0.464. The van der Waals surface area contributed by atoms with E-state index in [1.165, 1.54) is 4.90 Å². The molecule has 0 radical (unpaired) electrons. The van der Waals surface area contributed by atoms with Gasteiger partial charge in [-0.25, -0.2) is 8.42 Å². The van der Waals surface area contributed by atoms with Crippen molar-refractivity contribution < 1.29 is 17.9 Å². The van der Waals surface area contributed by atoms with Gasteiger partial charge in [-0.3, -0.25) is 9.10 Å². The summed E-state index contributed by atoms with van der Waals surface area (Å²) in [7, 11) is -2.03. The average Bonchev–Trinajstić information content (AvgIpc) is 2.78. The van der Waals surface area contributed by atoms with Crippen molar-refractivity contribution in [3.63, 3.8) is 0 Å². The number of sulfonamides is 1. The lowest BCUT2D eigenvalue weighted by molar-refractivity contribution is -0.128. The zero-order chi connectivity index (χ0) is 23.1. The number of hydrogen-bond acceptors (Lipinski definition) is 4. The van der Waals surface area contributed by atoms with Crippen LogP contribution in [0.3, 0.4) is 0 Å². The molecule has 3 aromatic carbocycles. The fourth-order valence-electron chi connectivity index (χ4n) is 3.04. The summed E-state index contributed by atoms with van der Waals surface area (Å²) in [5, 5.41) is 0.613. The summed E-state index contributed by atoms with van der Waals surface area (Å²) in [5.74, 6) is 0.284. The lowest BCUT2D eigenvalue weighted by atomic mass is 10.2. The van der Waals surface area contributed by atoms with E-state index in [4.69, 9.17) is 16.3 Å². The highest BCUT2D eigenvalue weighted by atomic mass is 35.5. The summed E-state index contributed by atoms with van der Waals surface area (Å²) in [6.45, 7) is 0.455. The maximum absolute atomic E-state index is 12.7. The summed E-state index contributed by atoms with van der Waals surface area (Å²) < 4.78 is 31.6. The van der Waals surface area contributed by atoms with Gasteiger partial charge >= 0.3 is 0 Å². The molecule has 3 aromatic rings. The highest BCUT2D eigenvalue weighted by molar-refractivity contribution is 7.92. The molecule has 0 aromatic heterocycles. The molecular formula is C24H25ClN2O4S. The number of rotatable bonds is 9. The number of likely N-dealkylation sites (N-methyl/N-ethyl adjacent to an activating group) is 1. The fraction of sp³-hybridized carbons (Fsp3) is 0.208. The molecule has 0 spiro atoms. The Bertz CT molecular complexity index is 1130. The minimum atomic E-state index is -3.67. The molecule has 0 unspecified atom stereocenters. The highest BCUT2D eigenvalue weighted by Crippen LogP contribution is 2.22.